The summed E-state index contributed by atoms with van der Waals surface area (Å²) in [4.78, 5) is 16.2. The van der Waals surface area contributed by atoms with Crippen molar-refractivity contribution in [3.8, 4) is 0 Å². The lowest BCUT2D eigenvalue weighted by Crippen LogP contribution is -2.38. The Hall–Kier alpha value is -1.58. The van der Waals surface area contributed by atoms with E-state index in [-0.39, 0.29) is 22.9 Å². The van der Waals surface area contributed by atoms with E-state index in [0.29, 0.717) is 17.2 Å². The number of rotatable bonds is 2. The molecule has 0 aromatic carbocycles. The molecule has 0 radical (unpaired) electrons. The summed E-state index contributed by atoms with van der Waals surface area (Å²) in [6, 6.07) is 1.62. The number of pyridine rings is 1. The van der Waals surface area contributed by atoms with Crippen LogP contribution in [-0.4, -0.2) is 17.1 Å². The molecule has 2 saturated carbocycles. The Kier molecular flexibility index (Phi) is 2.82. The predicted molar refractivity (Wildman–Crippen MR) is 77.1 cm³/mol. The number of nitrogens with two attached hydrogens (primary N) is 1. The summed E-state index contributed by atoms with van der Waals surface area (Å²) in [5.74, 6) is 0.351. The van der Waals surface area contributed by atoms with E-state index in [4.69, 9.17) is 10.5 Å². The van der Waals surface area contributed by atoms with Gasteiger partial charge in [-0.25, -0.2) is 4.79 Å². The van der Waals surface area contributed by atoms with Gasteiger partial charge in [-0.15, -0.1) is 0 Å². The zero-order valence-electron chi connectivity index (χ0n) is 12.3. The largest absolute Gasteiger partial charge is 0.458 e. The number of nitrogens with zero attached hydrogens (tertiary/aromatic N) is 1. The lowest BCUT2D eigenvalue weighted by Gasteiger charge is -2.38. The number of fused-ring (bicyclic) bond motifs is 2. The van der Waals surface area contributed by atoms with Crippen LogP contribution < -0.4 is 5.73 Å². The quantitative estimate of drug-likeness (QED) is 0.842. The van der Waals surface area contributed by atoms with Crippen LogP contribution in [-0.2, 0) is 4.74 Å². The Morgan fingerprint density at radius 2 is 2.15 bits per heavy atom. The fourth-order valence-corrected chi connectivity index (χ4v) is 4.08. The highest BCUT2D eigenvalue weighted by Gasteiger charge is 2.62. The molecule has 0 saturated heterocycles. The molecule has 0 aliphatic heterocycles. The molecule has 2 bridgehead atoms. The van der Waals surface area contributed by atoms with Crippen LogP contribution in [0.5, 0.6) is 0 Å². The van der Waals surface area contributed by atoms with Gasteiger partial charge in [0, 0.05) is 17.8 Å². The summed E-state index contributed by atoms with van der Waals surface area (Å²) >= 11 is 0. The van der Waals surface area contributed by atoms with Gasteiger partial charge in [0.1, 0.15) is 6.10 Å². The first-order chi connectivity index (χ1) is 9.34. The van der Waals surface area contributed by atoms with E-state index in [1.807, 2.05) is 0 Å². The molecule has 1 heterocycles. The first-order valence-electron chi connectivity index (χ1n) is 7.26. The molecular formula is C16H22N2O2. The van der Waals surface area contributed by atoms with Gasteiger partial charge in [0.25, 0.3) is 0 Å². The number of esters is 1. The average molecular weight is 274 g/mol. The molecule has 3 rings (SSSR count). The third-order valence-corrected chi connectivity index (χ3v) is 5.96. The first kappa shape index (κ1) is 13.4. The van der Waals surface area contributed by atoms with Gasteiger partial charge < -0.3 is 10.5 Å². The molecule has 2 N–H and O–H groups in total. The average Bonchev–Trinajstić information content (AvgIpc) is 2.72. The smallest absolute Gasteiger partial charge is 0.340 e. The minimum absolute atomic E-state index is 0.00480. The second-order valence-electron chi connectivity index (χ2n) is 7.01. The van der Waals surface area contributed by atoms with Crippen molar-refractivity contribution in [2.45, 2.75) is 46.1 Å². The number of ether oxygens (including phenoxy) is 1. The third-order valence-electron chi connectivity index (χ3n) is 5.96. The van der Waals surface area contributed by atoms with Crippen molar-refractivity contribution < 1.29 is 9.53 Å². The summed E-state index contributed by atoms with van der Waals surface area (Å²) in [6.07, 6.45) is 6.41. The monoisotopic (exact) mass is 274 g/mol. The van der Waals surface area contributed by atoms with Crippen LogP contribution in [0.1, 0.15) is 50.4 Å². The van der Waals surface area contributed by atoms with Crippen LogP contribution in [0.4, 0.5) is 5.69 Å². The second kappa shape index (κ2) is 4.21. The number of anilines is 1. The van der Waals surface area contributed by atoms with Gasteiger partial charge >= 0.3 is 5.97 Å². The topological polar surface area (TPSA) is 65.2 Å². The van der Waals surface area contributed by atoms with Crippen LogP contribution in [0, 0.1) is 16.7 Å². The molecule has 1 aromatic heterocycles. The van der Waals surface area contributed by atoms with Crippen LogP contribution in [0.3, 0.4) is 0 Å². The summed E-state index contributed by atoms with van der Waals surface area (Å²) in [7, 11) is 0. The normalized spacial score (nSPS) is 34.1. The Bertz CT molecular complexity index is 555. The maximum absolute atomic E-state index is 12.3. The highest BCUT2D eigenvalue weighted by Crippen LogP contribution is 2.66. The SMILES string of the molecule is CC1(C)C2CCC1(C)C(OC(=O)c1cncc(N)c1)C2. The second-order valence-corrected chi connectivity index (χ2v) is 7.01. The van der Waals surface area contributed by atoms with E-state index in [0.717, 1.165) is 12.8 Å². The molecule has 0 amide bonds. The molecule has 1 aromatic rings. The molecule has 0 spiro atoms. The highest BCUT2D eigenvalue weighted by molar-refractivity contribution is 5.90. The number of hydrogen-bond acceptors (Lipinski definition) is 4. The Morgan fingerprint density at radius 1 is 1.40 bits per heavy atom. The van der Waals surface area contributed by atoms with Crippen molar-refractivity contribution in [2.24, 2.45) is 16.7 Å². The van der Waals surface area contributed by atoms with Crippen molar-refractivity contribution in [2.75, 3.05) is 5.73 Å². The minimum atomic E-state index is -0.306. The van der Waals surface area contributed by atoms with Crippen LogP contribution in [0.15, 0.2) is 18.5 Å². The van der Waals surface area contributed by atoms with Gasteiger partial charge in [-0.2, -0.15) is 0 Å². The molecule has 3 unspecified atom stereocenters. The Morgan fingerprint density at radius 3 is 2.70 bits per heavy atom. The van der Waals surface area contributed by atoms with Crippen molar-refractivity contribution in [1.29, 1.82) is 0 Å². The lowest BCUT2D eigenvalue weighted by molar-refractivity contribution is -0.0242. The lowest BCUT2D eigenvalue weighted by atomic mass is 9.70. The van der Waals surface area contributed by atoms with Gasteiger partial charge in [-0.3, -0.25) is 4.98 Å². The number of nitrogen functional groups attached to an aromatic ring is 1. The first-order valence-corrected chi connectivity index (χ1v) is 7.26. The minimum Gasteiger partial charge on any atom is -0.458 e. The molecule has 2 aliphatic carbocycles. The summed E-state index contributed by atoms with van der Waals surface area (Å²) < 4.78 is 5.79. The molecule has 108 valence electrons. The van der Waals surface area contributed by atoms with E-state index in [9.17, 15) is 4.79 Å². The highest BCUT2D eigenvalue weighted by atomic mass is 16.5. The van der Waals surface area contributed by atoms with Crippen molar-refractivity contribution in [3.63, 3.8) is 0 Å². The molecule has 20 heavy (non-hydrogen) atoms. The fourth-order valence-electron chi connectivity index (χ4n) is 4.08. The molecule has 4 heteroatoms. The van der Waals surface area contributed by atoms with Gasteiger partial charge in [0.2, 0.25) is 0 Å². The number of carbonyl (C=O) groups excluding carboxylic acids is 1. The number of hydrogen-bond donors (Lipinski definition) is 1. The molecular weight excluding hydrogens is 252 g/mol. The van der Waals surface area contributed by atoms with E-state index < -0.39 is 0 Å². The van der Waals surface area contributed by atoms with Crippen molar-refractivity contribution in [3.05, 3.63) is 24.0 Å². The van der Waals surface area contributed by atoms with Gasteiger partial charge in [0.15, 0.2) is 0 Å². The Balaban J connectivity index is 1.78. The number of carbonyl (C=O) groups is 1. The van der Waals surface area contributed by atoms with Crippen molar-refractivity contribution in [1.82, 2.24) is 4.98 Å². The predicted octanol–water partition coefficient (Wildman–Crippen LogP) is 3.04. The maximum atomic E-state index is 12.3. The van der Waals surface area contributed by atoms with E-state index in [1.54, 1.807) is 6.07 Å². The van der Waals surface area contributed by atoms with Gasteiger partial charge in [0.05, 0.1) is 11.3 Å². The van der Waals surface area contributed by atoms with Crippen LogP contribution >= 0.6 is 0 Å². The zero-order valence-corrected chi connectivity index (χ0v) is 12.3. The summed E-state index contributed by atoms with van der Waals surface area (Å²) in [6.45, 7) is 6.87. The summed E-state index contributed by atoms with van der Waals surface area (Å²) in [5, 5.41) is 0. The molecule has 2 aliphatic rings. The van der Waals surface area contributed by atoms with E-state index in [1.165, 1.54) is 18.8 Å². The van der Waals surface area contributed by atoms with Crippen LogP contribution in [0.25, 0.3) is 0 Å². The Labute approximate surface area is 119 Å². The van der Waals surface area contributed by atoms with E-state index >= 15 is 0 Å². The number of aromatic nitrogens is 1. The zero-order chi connectivity index (χ0) is 14.5. The maximum Gasteiger partial charge on any atom is 0.340 e. The molecule has 2 fully saturated rings. The van der Waals surface area contributed by atoms with Gasteiger partial charge in [-0.05, 0) is 36.7 Å². The van der Waals surface area contributed by atoms with Gasteiger partial charge in [-0.1, -0.05) is 20.8 Å². The summed E-state index contributed by atoms with van der Waals surface area (Å²) in [5.41, 5.74) is 6.91. The van der Waals surface area contributed by atoms with E-state index in [2.05, 4.69) is 25.8 Å². The fraction of sp³-hybridized carbons (Fsp3) is 0.625. The van der Waals surface area contributed by atoms with Crippen molar-refractivity contribution >= 4 is 11.7 Å². The molecule has 3 atom stereocenters. The molecule has 4 nitrogen and oxygen atoms in total. The third kappa shape index (κ3) is 1.74. The standard InChI is InChI=1S/C16H22N2O2/c1-15(2)11-4-5-16(15,3)13(7-11)20-14(19)10-6-12(17)9-18-8-10/h6,8-9,11,13H,4-5,7,17H2,1-3H3. The van der Waals surface area contributed by atoms with Crippen LogP contribution in [0.2, 0.25) is 0 Å².